The highest BCUT2D eigenvalue weighted by Gasteiger charge is 2.17. The first-order valence-electron chi connectivity index (χ1n) is 5.84. The van der Waals surface area contributed by atoms with Gasteiger partial charge in [0.15, 0.2) is 0 Å². The molecule has 16 heavy (non-hydrogen) atoms. The van der Waals surface area contributed by atoms with Crippen molar-refractivity contribution in [2.75, 3.05) is 6.54 Å². The molecule has 0 heterocycles. The van der Waals surface area contributed by atoms with Gasteiger partial charge in [0, 0.05) is 6.42 Å². The van der Waals surface area contributed by atoms with Gasteiger partial charge in [-0.3, -0.25) is 4.79 Å². The zero-order valence-corrected chi connectivity index (χ0v) is 10.5. The van der Waals surface area contributed by atoms with Gasteiger partial charge in [0.05, 0.1) is 0 Å². The van der Waals surface area contributed by atoms with Crippen LogP contribution in [0.15, 0.2) is 0 Å². The first kappa shape index (κ1) is 17.3. The molecule has 0 aromatic heterocycles. The standard InChI is InChI=1S/C9H18N2O3.C2H6/c1-2-8(12)11-7(9(13)14)5-3-4-6-10;1-2/h7H,2-6,10H2,1H3,(H,11,12)(H,13,14);1-2H3. The van der Waals surface area contributed by atoms with Crippen molar-refractivity contribution in [1.82, 2.24) is 5.32 Å². The average Bonchev–Trinajstić information content (AvgIpc) is 2.30. The Bertz CT molecular complexity index is 196. The fraction of sp³-hybridized carbons (Fsp3) is 0.818. The lowest BCUT2D eigenvalue weighted by atomic mass is 10.1. The van der Waals surface area contributed by atoms with Crippen molar-refractivity contribution in [1.29, 1.82) is 0 Å². The second-order valence-corrected chi connectivity index (χ2v) is 3.10. The zero-order valence-electron chi connectivity index (χ0n) is 10.5. The molecule has 0 radical (unpaired) electrons. The summed E-state index contributed by atoms with van der Waals surface area (Å²) in [7, 11) is 0. The lowest BCUT2D eigenvalue weighted by Gasteiger charge is -2.13. The minimum absolute atomic E-state index is 0.231. The normalized spacial score (nSPS) is 11.0. The Morgan fingerprint density at radius 3 is 2.25 bits per heavy atom. The van der Waals surface area contributed by atoms with E-state index in [1.165, 1.54) is 0 Å². The van der Waals surface area contributed by atoms with E-state index in [0.29, 0.717) is 19.4 Å². The summed E-state index contributed by atoms with van der Waals surface area (Å²) in [5.74, 6) is -1.21. The van der Waals surface area contributed by atoms with E-state index in [-0.39, 0.29) is 5.91 Å². The summed E-state index contributed by atoms with van der Waals surface area (Å²) >= 11 is 0. The third-order valence-electron chi connectivity index (χ3n) is 1.90. The molecule has 1 amide bonds. The summed E-state index contributed by atoms with van der Waals surface area (Å²) in [6.07, 6.45) is 2.25. The van der Waals surface area contributed by atoms with E-state index in [1.54, 1.807) is 6.92 Å². The van der Waals surface area contributed by atoms with Crippen LogP contribution in [0, 0.1) is 0 Å². The summed E-state index contributed by atoms with van der Waals surface area (Å²) in [5.41, 5.74) is 5.28. The number of carbonyl (C=O) groups is 2. The first-order valence-corrected chi connectivity index (χ1v) is 5.84. The van der Waals surface area contributed by atoms with Crippen molar-refractivity contribution in [2.24, 2.45) is 5.73 Å². The molecular formula is C11H24N2O3. The van der Waals surface area contributed by atoms with Crippen molar-refractivity contribution in [3.05, 3.63) is 0 Å². The number of unbranched alkanes of at least 4 members (excludes halogenated alkanes) is 1. The van der Waals surface area contributed by atoms with Gasteiger partial charge in [0.2, 0.25) is 5.91 Å². The highest BCUT2D eigenvalue weighted by atomic mass is 16.4. The van der Waals surface area contributed by atoms with Gasteiger partial charge >= 0.3 is 5.97 Å². The predicted molar refractivity (Wildman–Crippen MR) is 64.1 cm³/mol. The quantitative estimate of drug-likeness (QED) is 0.573. The lowest BCUT2D eigenvalue weighted by molar-refractivity contribution is -0.142. The van der Waals surface area contributed by atoms with Gasteiger partial charge in [0.1, 0.15) is 6.04 Å². The zero-order chi connectivity index (χ0) is 13.0. The molecule has 5 nitrogen and oxygen atoms in total. The molecule has 0 aromatic rings. The van der Waals surface area contributed by atoms with Crippen LogP contribution in [-0.2, 0) is 9.59 Å². The molecule has 5 heteroatoms. The number of rotatable bonds is 7. The third kappa shape index (κ3) is 9.45. The van der Waals surface area contributed by atoms with E-state index in [4.69, 9.17) is 10.8 Å². The van der Waals surface area contributed by atoms with E-state index < -0.39 is 12.0 Å². The highest BCUT2D eigenvalue weighted by molar-refractivity contribution is 5.83. The van der Waals surface area contributed by atoms with Crippen LogP contribution >= 0.6 is 0 Å². The number of nitrogens with two attached hydrogens (primary N) is 1. The summed E-state index contributed by atoms with van der Waals surface area (Å²) in [5, 5.41) is 11.2. The number of carboxylic acids is 1. The van der Waals surface area contributed by atoms with E-state index in [9.17, 15) is 9.59 Å². The fourth-order valence-corrected chi connectivity index (χ4v) is 1.05. The maximum Gasteiger partial charge on any atom is 0.326 e. The SMILES string of the molecule is CC.CCC(=O)NC(CCCCN)C(=O)O. The molecule has 0 bridgehead atoms. The number of nitrogens with one attached hydrogen (secondary N) is 1. The number of carbonyl (C=O) groups excluding carboxylic acids is 1. The number of aliphatic carboxylic acids is 1. The second kappa shape index (κ2) is 12.0. The molecule has 0 fully saturated rings. The first-order chi connectivity index (χ1) is 7.61. The van der Waals surface area contributed by atoms with Gasteiger partial charge in [-0.25, -0.2) is 4.79 Å². The van der Waals surface area contributed by atoms with E-state index >= 15 is 0 Å². The van der Waals surface area contributed by atoms with Crippen molar-refractivity contribution in [2.45, 2.75) is 52.5 Å². The molecule has 0 aliphatic carbocycles. The third-order valence-corrected chi connectivity index (χ3v) is 1.90. The molecule has 1 atom stereocenters. The van der Waals surface area contributed by atoms with Gasteiger partial charge in [-0.1, -0.05) is 20.8 Å². The molecule has 1 unspecified atom stereocenters. The number of amides is 1. The fourth-order valence-electron chi connectivity index (χ4n) is 1.05. The van der Waals surface area contributed by atoms with E-state index in [1.807, 2.05) is 13.8 Å². The molecule has 0 saturated heterocycles. The Hall–Kier alpha value is -1.10. The predicted octanol–water partition coefficient (Wildman–Crippen LogP) is 1.12. The molecule has 96 valence electrons. The van der Waals surface area contributed by atoms with Gasteiger partial charge in [-0.2, -0.15) is 0 Å². The van der Waals surface area contributed by atoms with Crippen LogP contribution in [0.3, 0.4) is 0 Å². The van der Waals surface area contributed by atoms with E-state index in [0.717, 1.165) is 12.8 Å². The molecule has 4 N–H and O–H groups in total. The van der Waals surface area contributed by atoms with Crippen LogP contribution in [0.1, 0.15) is 46.5 Å². The van der Waals surface area contributed by atoms with Crippen molar-refractivity contribution in [3.8, 4) is 0 Å². The number of carboxylic acid groups (broad SMARTS) is 1. The Morgan fingerprint density at radius 2 is 1.88 bits per heavy atom. The smallest absolute Gasteiger partial charge is 0.326 e. The van der Waals surface area contributed by atoms with Crippen molar-refractivity contribution >= 4 is 11.9 Å². The van der Waals surface area contributed by atoms with Gasteiger partial charge in [-0.15, -0.1) is 0 Å². The molecule has 0 spiro atoms. The molecule has 0 aliphatic rings. The summed E-state index contributed by atoms with van der Waals surface area (Å²) in [4.78, 5) is 21.7. The topological polar surface area (TPSA) is 92.4 Å². The second-order valence-electron chi connectivity index (χ2n) is 3.10. The Kier molecular flexibility index (Phi) is 12.9. The maximum absolute atomic E-state index is 11.0. The van der Waals surface area contributed by atoms with Crippen LogP contribution in [0.5, 0.6) is 0 Å². The highest BCUT2D eigenvalue weighted by Crippen LogP contribution is 2.00. The maximum atomic E-state index is 11.0. The summed E-state index contributed by atoms with van der Waals surface area (Å²) in [6.45, 7) is 6.24. The average molecular weight is 232 g/mol. The van der Waals surface area contributed by atoms with Crippen LogP contribution in [0.25, 0.3) is 0 Å². The lowest BCUT2D eigenvalue weighted by Crippen LogP contribution is -2.40. The summed E-state index contributed by atoms with van der Waals surface area (Å²) < 4.78 is 0. The Labute approximate surface area is 97.4 Å². The Morgan fingerprint density at radius 1 is 1.31 bits per heavy atom. The minimum atomic E-state index is -0.983. The van der Waals surface area contributed by atoms with Crippen LogP contribution in [0.4, 0.5) is 0 Å². The Balaban J connectivity index is 0. The number of hydrogen-bond donors (Lipinski definition) is 3. The van der Waals surface area contributed by atoms with Crippen LogP contribution in [0.2, 0.25) is 0 Å². The van der Waals surface area contributed by atoms with Crippen LogP contribution in [-0.4, -0.2) is 29.6 Å². The van der Waals surface area contributed by atoms with Crippen LogP contribution < -0.4 is 11.1 Å². The van der Waals surface area contributed by atoms with Gasteiger partial charge < -0.3 is 16.2 Å². The molecular weight excluding hydrogens is 208 g/mol. The van der Waals surface area contributed by atoms with Gasteiger partial charge in [0.25, 0.3) is 0 Å². The number of hydrogen-bond acceptors (Lipinski definition) is 3. The largest absolute Gasteiger partial charge is 0.480 e. The monoisotopic (exact) mass is 232 g/mol. The summed E-state index contributed by atoms with van der Waals surface area (Å²) in [6, 6.07) is -0.769. The van der Waals surface area contributed by atoms with Gasteiger partial charge in [-0.05, 0) is 25.8 Å². The minimum Gasteiger partial charge on any atom is -0.480 e. The molecule has 0 rings (SSSR count). The molecule has 0 aliphatic heterocycles. The molecule has 0 aromatic carbocycles. The van der Waals surface area contributed by atoms with E-state index in [2.05, 4.69) is 5.32 Å². The van der Waals surface area contributed by atoms with Crippen molar-refractivity contribution in [3.63, 3.8) is 0 Å². The molecule has 0 saturated carbocycles. The van der Waals surface area contributed by atoms with Crippen molar-refractivity contribution < 1.29 is 14.7 Å².